The maximum Gasteiger partial charge on any atom is 0.325 e. The number of hydrogen-bond donors (Lipinski definition) is 1. The molecule has 0 radical (unpaired) electrons. The van der Waals surface area contributed by atoms with E-state index in [0.717, 1.165) is 44.5 Å². The summed E-state index contributed by atoms with van der Waals surface area (Å²) in [6.07, 6.45) is 4.13. The Morgan fingerprint density at radius 3 is 2.38 bits per heavy atom. The first-order valence-corrected chi connectivity index (χ1v) is 12.1. The van der Waals surface area contributed by atoms with E-state index < -0.39 is 5.54 Å². The van der Waals surface area contributed by atoms with Crippen molar-refractivity contribution in [1.29, 1.82) is 0 Å². The van der Waals surface area contributed by atoms with Gasteiger partial charge in [0.05, 0.1) is 5.92 Å². The van der Waals surface area contributed by atoms with Gasteiger partial charge < -0.3 is 15.1 Å². The quantitative estimate of drug-likeness (QED) is 0.691. The lowest BCUT2D eigenvalue weighted by molar-refractivity contribution is -0.136. The lowest BCUT2D eigenvalue weighted by Gasteiger charge is -2.37. The molecular weight excluding hydrogens is 404 g/mol. The number of likely N-dealkylation sites (tertiary alicyclic amines) is 2. The monoisotopic (exact) mass is 440 g/mol. The zero-order chi connectivity index (χ0) is 22.7. The SMILES string of the molecule is CCCN1CCC2(CC1)NC(=O)N(CC1CCN(C(=O)[C@H](C)c3ccccc3)CC1)C2=O. The predicted molar refractivity (Wildman–Crippen MR) is 123 cm³/mol. The molecule has 1 spiro atoms. The molecule has 7 heteroatoms. The van der Waals surface area contributed by atoms with Gasteiger partial charge >= 0.3 is 6.03 Å². The zero-order valence-corrected chi connectivity index (χ0v) is 19.4. The summed E-state index contributed by atoms with van der Waals surface area (Å²) in [7, 11) is 0. The maximum atomic E-state index is 13.2. The van der Waals surface area contributed by atoms with Crippen LogP contribution < -0.4 is 5.32 Å². The van der Waals surface area contributed by atoms with Crippen LogP contribution in [0.25, 0.3) is 0 Å². The smallest absolute Gasteiger partial charge is 0.325 e. The van der Waals surface area contributed by atoms with Crippen molar-refractivity contribution in [1.82, 2.24) is 20.0 Å². The number of carbonyl (C=O) groups excluding carboxylic acids is 3. The van der Waals surface area contributed by atoms with E-state index >= 15 is 0 Å². The molecule has 3 heterocycles. The Bertz CT molecular complexity index is 827. The van der Waals surface area contributed by atoms with Gasteiger partial charge in [-0.3, -0.25) is 14.5 Å². The Morgan fingerprint density at radius 1 is 1.09 bits per heavy atom. The van der Waals surface area contributed by atoms with E-state index in [1.54, 1.807) is 0 Å². The van der Waals surface area contributed by atoms with Gasteiger partial charge in [-0.15, -0.1) is 0 Å². The first kappa shape index (κ1) is 22.8. The number of benzene rings is 1. The number of hydrogen-bond acceptors (Lipinski definition) is 4. The van der Waals surface area contributed by atoms with Gasteiger partial charge in [0.2, 0.25) is 5.91 Å². The largest absolute Gasteiger partial charge is 0.342 e. The molecule has 0 unspecified atom stereocenters. The molecule has 3 aliphatic heterocycles. The molecule has 32 heavy (non-hydrogen) atoms. The van der Waals surface area contributed by atoms with Crippen molar-refractivity contribution in [2.45, 2.75) is 57.4 Å². The number of nitrogens with one attached hydrogen (secondary N) is 1. The highest BCUT2D eigenvalue weighted by atomic mass is 16.2. The molecule has 3 saturated heterocycles. The highest BCUT2D eigenvalue weighted by molar-refractivity contribution is 6.07. The minimum Gasteiger partial charge on any atom is -0.342 e. The summed E-state index contributed by atoms with van der Waals surface area (Å²) in [5, 5.41) is 3.03. The van der Waals surface area contributed by atoms with Crippen molar-refractivity contribution in [2.75, 3.05) is 39.3 Å². The van der Waals surface area contributed by atoms with Gasteiger partial charge in [-0.05, 0) is 57.1 Å². The molecule has 0 aromatic heterocycles. The van der Waals surface area contributed by atoms with E-state index in [1.807, 2.05) is 42.2 Å². The van der Waals surface area contributed by atoms with Crippen LogP contribution in [0, 0.1) is 5.92 Å². The number of urea groups is 1. The molecule has 3 fully saturated rings. The summed E-state index contributed by atoms with van der Waals surface area (Å²) in [6.45, 7) is 8.70. The summed E-state index contributed by atoms with van der Waals surface area (Å²) < 4.78 is 0. The fourth-order valence-corrected chi connectivity index (χ4v) is 5.41. The van der Waals surface area contributed by atoms with Gasteiger partial charge in [-0.1, -0.05) is 37.3 Å². The van der Waals surface area contributed by atoms with Gasteiger partial charge in [0.1, 0.15) is 5.54 Å². The molecule has 4 rings (SSSR count). The van der Waals surface area contributed by atoms with Crippen molar-refractivity contribution in [3.8, 4) is 0 Å². The Labute approximate surface area is 191 Å². The Balaban J connectivity index is 1.29. The third-order valence-corrected chi connectivity index (χ3v) is 7.53. The molecule has 1 aromatic rings. The van der Waals surface area contributed by atoms with Crippen LogP contribution in [0.4, 0.5) is 4.79 Å². The molecule has 174 valence electrons. The second-order valence-corrected chi connectivity index (χ2v) is 9.67. The number of amides is 4. The Morgan fingerprint density at radius 2 is 1.75 bits per heavy atom. The van der Waals surface area contributed by atoms with Crippen molar-refractivity contribution in [3.63, 3.8) is 0 Å². The van der Waals surface area contributed by atoms with E-state index in [-0.39, 0.29) is 29.7 Å². The Kier molecular flexibility index (Phi) is 6.84. The van der Waals surface area contributed by atoms with E-state index in [2.05, 4.69) is 17.1 Å². The fraction of sp³-hybridized carbons (Fsp3) is 0.640. The van der Waals surface area contributed by atoms with Crippen molar-refractivity contribution >= 4 is 17.8 Å². The normalized spacial score (nSPS) is 22.9. The van der Waals surface area contributed by atoms with Crippen LogP contribution in [0.3, 0.4) is 0 Å². The third kappa shape index (κ3) is 4.53. The number of rotatable bonds is 6. The molecule has 1 N–H and O–H groups in total. The number of imide groups is 1. The van der Waals surface area contributed by atoms with Gasteiger partial charge in [0.15, 0.2) is 0 Å². The standard InChI is InChI=1S/C25H36N4O3/c1-3-13-27-16-11-25(12-17-27)23(31)29(24(32)26-25)18-20-9-14-28(15-10-20)22(30)19(2)21-7-5-4-6-8-21/h4-8,19-20H,3,9-18H2,1-2H3,(H,26,32)/t19-/m1/s1. The highest BCUT2D eigenvalue weighted by Crippen LogP contribution is 2.31. The summed E-state index contributed by atoms with van der Waals surface area (Å²) in [5.41, 5.74) is 0.331. The van der Waals surface area contributed by atoms with Crippen molar-refractivity contribution in [3.05, 3.63) is 35.9 Å². The summed E-state index contributed by atoms with van der Waals surface area (Å²) in [6, 6.07) is 9.63. The van der Waals surface area contributed by atoms with Gasteiger partial charge in [0, 0.05) is 32.7 Å². The van der Waals surface area contributed by atoms with Crippen molar-refractivity contribution in [2.24, 2.45) is 5.92 Å². The topological polar surface area (TPSA) is 73.0 Å². The first-order valence-electron chi connectivity index (χ1n) is 12.1. The van der Waals surface area contributed by atoms with Crippen LogP contribution in [-0.4, -0.2) is 77.4 Å². The molecule has 0 aliphatic carbocycles. The minimum atomic E-state index is -0.705. The Hall–Kier alpha value is -2.41. The van der Waals surface area contributed by atoms with E-state index in [9.17, 15) is 14.4 Å². The van der Waals surface area contributed by atoms with Gasteiger partial charge in [-0.25, -0.2) is 4.79 Å². The molecule has 1 atom stereocenters. The first-order chi connectivity index (χ1) is 15.4. The molecule has 0 bridgehead atoms. The van der Waals surface area contributed by atoms with E-state index in [0.29, 0.717) is 32.5 Å². The van der Waals surface area contributed by atoms with Crippen LogP contribution in [0.5, 0.6) is 0 Å². The molecule has 1 aromatic carbocycles. The third-order valence-electron chi connectivity index (χ3n) is 7.53. The fourth-order valence-electron chi connectivity index (χ4n) is 5.41. The predicted octanol–water partition coefficient (Wildman–Crippen LogP) is 2.83. The second kappa shape index (κ2) is 9.61. The highest BCUT2D eigenvalue weighted by Gasteiger charge is 2.52. The molecule has 3 aliphatic rings. The lowest BCUT2D eigenvalue weighted by atomic mass is 9.87. The van der Waals surface area contributed by atoms with E-state index in [4.69, 9.17) is 0 Å². The van der Waals surface area contributed by atoms with Crippen molar-refractivity contribution < 1.29 is 14.4 Å². The number of nitrogens with zero attached hydrogens (tertiary/aromatic N) is 3. The second-order valence-electron chi connectivity index (χ2n) is 9.67. The van der Waals surface area contributed by atoms with Crippen LogP contribution >= 0.6 is 0 Å². The van der Waals surface area contributed by atoms with Crippen LogP contribution in [0.15, 0.2) is 30.3 Å². The molecule has 7 nitrogen and oxygen atoms in total. The summed E-state index contributed by atoms with van der Waals surface area (Å²) >= 11 is 0. The van der Waals surface area contributed by atoms with Gasteiger partial charge in [0.25, 0.3) is 5.91 Å². The molecular formula is C25H36N4O3. The average Bonchev–Trinajstić information content (AvgIpc) is 3.05. The summed E-state index contributed by atoms with van der Waals surface area (Å²) in [4.78, 5) is 44.6. The van der Waals surface area contributed by atoms with E-state index in [1.165, 1.54) is 4.90 Å². The maximum absolute atomic E-state index is 13.2. The number of carbonyl (C=O) groups is 3. The summed E-state index contributed by atoms with van der Waals surface area (Å²) in [5.74, 6) is 0.200. The minimum absolute atomic E-state index is 0.0464. The zero-order valence-electron chi connectivity index (χ0n) is 19.4. The lowest BCUT2D eigenvalue weighted by Crippen LogP contribution is -2.55. The van der Waals surface area contributed by atoms with Crippen LogP contribution in [0.1, 0.15) is 57.4 Å². The molecule has 4 amide bonds. The van der Waals surface area contributed by atoms with Crippen LogP contribution in [0.2, 0.25) is 0 Å². The molecule has 0 saturated carbocycles. The van der Waals surface area contributed by atoms with Crippen LogP contribution in [-0.2, 0) is 9.59 Å². The average molecular weight is 441 g/mol. The number of piperidine rings is 2. The van der Waals surface area contributed by atoms with Gasteiger partial charge in [-0.2, -0.15) is 0 Å².